The SMILES string of the molecule is CCCCCCCCCCCCCCCC(=O)O.CCCCCNCN(C)CCC. The monoisotopic (exact) mass is 428 g/mol. The maximum absolute atomic E-state index is 10.3. The first-order valence-electron chi connectivity index (χ1n) is 13.2. The average Bonchev–Trinajstić information content (AvgIpc) is 2.72. The van der Waals surface area contributed by atoms with Crippen LogP contribution < -0.4 is 5.32 Å². The number of carbonyl (C=O) groups is 1. The normalized spacial score (nSPS) is 10.8. The van der Waals surface area contributed by atoms with Crippen molar-refractivity contribution in [2.24, 2.45) is 0 Å². The molecule has 0 aromatic carbocycles. The molecular weight excluding hydrogens is 372 g/mol. The number of carboxylic acid groups (broad SMARTS) is 1. The molecule has 0 heterocycles. The number of aliphatic carboxylic acids is 1. The molecule has 0 bridgehead atoms. The molecule has 0 aromatic rings. The molecule has 0 unspecified atom stereocenters. The minimum absolute atomic E-state index is 0.345. The maximum Gasteiger partial charge on any atom is 0.303 e. The third-order valence-electron chi connectivity index (χ3n) is 5.44. The van der Waals surface area contributed by atoms with Crippen LogP contribution in [-0.2, 0) is 4.79 Å². The van der Waals surface area contributed by atoms with Gasteiger partial charge in [-0.1, -0.05) is 111 Å². The molecule has 0 spiro atoms. The van der Waals surface area contributed by atoms with E-state index in [0.717, 1.165) is 19.5 Å². The second-order valence-corrected chi connectivity index (χ2v) is 8.83. The first-order chi connectivity index (χ1) is 14.6. The van der Waals surface area contributed by atoms with Crippen LogP contribution in [0.1, 0.15) is 136 Å². The van der Waals surface area contributed by atoms with E-state index in [1.165, 1.54) is 109 Å². The summed E-state index contributed by atoms with van der Waals surface area (Å²) in [5.41, 5.74) is 0. The molecule has 30 heavy (non-hydrogen) atoms. The summed E-state index contributed by atoms with van der Waals surface area (Å²) in [5.74, 6) is -0.655. The van der Waals surface area contributed by atoms with Crippen molar-refractivity contribution < 1.29 is 9.90 Å². The van der Waals surface area contributed by atoms with E-state index in [1.54, 1.807) is 0 Å². The van der Waals surface area contributed by atoms with Gasteiger partial charge in [0, 0.05) is 13.1 Å². The Bertz CT molecular complexity index is 324. The standard InChI is InChI=1S/C16H32O2.C10H24N2/c1-2-3-4-5-6-7-8-9-10-11-12-13-14-15-16(17)18;1-4-6-7-8-11-10-12(3)9-5-2/h2-15H2,1H3,(H,17,18);11H,4-10H2,1-3H3. The number of unbranched alkanes of at least 4 members (excludes halogenated alkanes) is 14. The van der Waals surface area contributed by atoms with Crippen LogP contribution >= 0.6 is 0 Å². The first kappa shape index (κ1) is 31.6. The minimum atomic E-state index is -0.655. The topological polar surface area (TPSA) is 52.6 Å². The smallest absolute Gasteiger partial charge is 0.303 e. The van der Waals surface area contributed by atoms with Gasteiger partial charge in [0.05, 0.1) is 0 Å². The molecule has 0 aliphatic heterocycles. The van der Waals surface area contributed by atoms with E-state index in [-0.39, 0.29) is 0 Å². The third-order valence-corrected chi connectivity index (χ3v) is 5.44. The predicted octanol–water partition coefficient (Wildman–Crippen LogP) is 7.62. The van der Waals surface area contributed by atoms with Crippen LogP contribution in [0, 0.1) is 0 Å². The molecule has 0 aromatic heterocycles. The molecule has 4 nitrogen and oxygen atoms in total. The maximum atomic E-state index is 10.3. The lowest BCUT2D eigenvalue weighted by molar-refractivity contribution is -0.137. The molecule has 0 amide bonds. The van der Waals surface area contributed by atoms with Crippen LogP contribution in [0.4, 0.5) is 0 Å². The van der Waals surface area contributed by atoms with Crippen LogP contribution in [0.3, 0.4) is 0 Å². The van der Waals surface area contributed by atoms with Crippen molar-refractivity contribution in [3.05, 3.63) is 0 Å². The molecule has 0 fully saturated rings. The van der Waals surface area contributed by atoms with E-state index >= 15 is 0 Å². The van der Waals surface area contributed by atoms with E-state index in [4.69, 9.17) is 5.11 Å². The van der Waals surface area contributed by atoms with Gasteiger partial charge in [0.15, 0.2) is 0 Å². The van der Waals surface area contributed by atoms with Gasteiger partial charge in [0.2, 0.25) is 0 Å². The van der Waals surface area contributed by atoms with Crippen LogP contribution in [0.2, 0.25) is 0 Å². The summed E-state index contributed by atoms with van der Waals surface area (Å²) in [5, 5.41) is 11.9. The van der Waals surface area contributed by atoms with Gasteiger partial charge in [0.25, 0.3) is 0 Å². The Morgan fingerprint density at radius 1 is 0.667 bits per heavy atom. The fraction of sp³-hybridized carbons (Fsp3) is 0.962. The molecule has 0 saturated heterocycles. The Hall–Kier alpha value is -0.610. The van der Waals surface area contributed by atoms with E-state index < -0.39 is 5.97 Å². The third kappa shape index (κ3) is 32.1. The zero-order valence-electron chi connectivity index (χ0n) is 21.2. The number of nitrogens with one attached hydrogen (secondary N) is 1. The number of hydrogen-bond acceptors (Lipinski definition) is 3. The summed E-state index contributed by atoms with van der Waals surface area (Å²) >= 11 is 0. The van der Waals surface area contributed by atoms with Crippen molar-refractivity contribution in [2.75, 3.05) is 26.8 Å². The Morgan fingerprint density at radius 3 is 1.53 bits per heavy atom. The molecule has 182 valence electrons. The summed E-state index contributed by atoms with van der Waals surface area (Å²) in [7, 11) is 2.16. The van der Waals surface area contributed by atoms with Crippen molar-refractivity contribution in [3.8, 4) is 0 Å². The molecule has 0 radical (unpaired) electrons. The predicted molar refractivity (Wildman–Crippen MR) is 133 cm³/mol. The molecule has 4 heteroatoms. The van der Waals surface area contributed by atoms with Gasteiger partial charge >= 0.3 is 5.97 Å². The highest BCUT2D eigenvalue weighted by Gasteiger charge is 1.97. The molecule has 2 N–H and O–H groups in total. The molecular formula is C26H56N2O2. The highest BCUT2D eigenvalue weighted by Crippen LogP contribution is 2.12. The number of hydrogen-bond donors (Lipinski definition) is 2. The summed E-state index contributed by atoms with van der Waals surface area (Å²) in [4.78, 5) is 12.6. The van der Waals surface area contributed by atoms with Crippen molar-refractivity contribution in [2.45, 2.75) is 136 Å². The van der Waals surface area contributed by atoms with Gasteiger partial charge in [-0.05, 0) is 39.4 Å². The van der Waals surface area contributed by atoms with Crippen LogP contribution in [0.25, 0.3) is 0 Å². The molecule has 0 atom stereocenters. The second kappa shape index (κ2) is 28.4. The summed E-state index contributed by atoms with van der Waals surface area (Å²) in [6.07, 6.45) is 22.5. The first-order valence-corrected chi connectivity index (χ1v) is 13.2. The minimum Gasteiger partial charge on any atom is -0.481 e. The largest absolute Gasteiger partial charge is 0.481 e. The lowest BCUT2D eigenvalue weighted by atomic mass is 10.0. The fourth-order valence-corrected chi connectivity index (χ4v) is 3.52. The van der Waals surface area contributed by atoms with Gasteiger partial charge in [-0.2, -0.15) is 0 Å². The van der Waals surface area contributed by atoms with Gasteiger partial charge < -0.3 is 10.4 Å². The van der Waals surface area contributed by atoms with Crippen LogP contribution in [0.15, 0.2) is 0 Å². The Morgan fingerprint density at radius 2 is 1.10 bits per heavy atom. The lowest BCUT2D eigenvalue weighted by Crippen LogP contribution is -2.32. The van der Waals surface area contributed by atoms with E-state index in [1.807, 2.05) is 0 Å². The van der Waals surface area contributed by atoms with E-state index in [2.05, 4.69) is 38.0 Å². The zero-order chi connectivity index (χ0) is 22.7. The number of carboxylic acids is 1. The van der Waals surface area contributed by atoms with Gasteiger partial charge in [0.1, 0.15) is 0 Å². The van der Waals surface area contributed by atoms with Crippen molar-refractivity contribution in [3.63, 3.8) is 0 Å². The van der Waals surface area contributed by atoms with Crippen molar-refractivity contribution in [1.29, 1.82) is 0 Å². The van der Waals surface area contributed by atoms with E-state index in [0.29, 0.717) is 6.42 Å². The Kier molecular flexibility index (Phi) is 29.9. The quantitative estimate of drug-likeness (QED) is 0.137. The van der Waals surface area contributed by atoms with Gasteiger partial charge in [-0.15, -0.1) is 0 Å². The Balaban J connectivity index is 0. The molecule has 0 aliphatic rings. The van der Waals surface area contributed by atoms with Crippen molar-refractivity contribution >= 4 is 5.97 Å². The van der Waals surface area contributed by atoms with Crippen LogP contribution in [-0.4, -0.2) is 42.8 Å². The van der Waals surface area contributed by atoms with E-state index in [9.17, 15) is 4.79 Å². The highest BCUT2D eigenvalue weighted by atomic mass is 16.4. The highest BCUT2D eigenvalue weighted by molar-refractivity contribution is 5.66. The fourth-order valence-electron chi connectivity index (χ4n) is 3.52. The number of rotatable bonds is 22. The second-order valence-electron chi connectivity index (χ2n) is 8.83. The number of nitrogens with zero attached hydrogens (tertiary/aromatic N) is 1. The lowest BCUT2D eigenvalue weighted by Gasteiger charge is -2.15. The summed E-state index contributed by atoms with van der Waals surface area (Å²) < 4.78 is 0. The van der Waals surface area contributed by atoms with Crippen LogP contribution in [0.5, 0.6) is 0 Å². The Labute approximate surface area is 189 Å². The van der Waals surface area contributed by atoms with Gasteiger partial charge in [-0.25, -0.2) is 0 Å². The molecule has 0 rings (SSSR count). The zero-order valence-corrected chi connectivity index (χ0v) is 21.2. The summed E-state index contributed by atoms with van der Waals surface area (Å²) in [6, 6.07) is 0. The molecule has 0 saturated carbocycles. The van der Waals surface area contributed by atoms with Crippen molar-refractivity contribution in [1.82, 2.24) is 10.2 Å². The average molecular weight is 429 g/mol. The summed E-state index contributed by atoms with van der Waals surface area (Å²) in [6.45, 7) is 10.1. The van der Waals surface area contributed by atoms with Gasteiger partial charge in [-0.3, -0.25) is 9.69 Å². The molecule has 0 aliphatic carbocycles.